The minimum atomic E-state index is 0.0642. The van der Waals surface area contributed by atoms with Crippen LogP contribution in [0, 0.1) is 5.41 Å². The number of nitrogens with zero attached hydrogens (tertiary/aromatic N) is 1. The zero-order chi connectivity index (χ0) is 17.3. The molecule has 1 aliphatic heterocycles. The number of hydrogen-bond acceptors (Lipinski definition) is 3. The van der Waals surface area contributed by atoms with Crippen LogP contribution in [-0.4, -0.2) is 42.4 Å². The largest absolute Gasteiger partial charge is 0.381 e. The predicted molar refractivity (Wildman–Crippen MR) is 95.7 cm³/mol. The molecule has 1 N–H and O–H groups in total. The molecule has 2 saturated carbocycles. The SMILES string of the molecule is CCO[C@@H]1C[C@@H](NC(=O)c2cccn2C2CCCC2)C12CCOCC2. The molecule has 2 atom stereocenters. The summed E-state index contributed by atoms with van der Waals surface area (Å²) >= 11 is 0. The minimum Gasteiger partial charge on any atom is -0.381 e. The van der Waals surface area contributed by atoms with Crippen LogP contribution in [-0.2, 0) is 9.47 Å². The monoisotopic (exact) mass is 346 g/mol. The highest BCUT2D eigenvalue weighted by Gasteiger charge is 2.56. The van der Waals surface area contributed by atoms with Gasteiger partial charge in [0.25, 0.3) is 5.91 Å². The van der Waals surface area contributed by atoms with Crippen LogP contribution in [0.3, 0.4) is 0 Å². The highest BCUT2D eigenvalue weighted by Crippen LogP contribution is 2.50. The molecule has 0 unspecified atom stereocenters. The van der Waals surface area contributed by atoms with Crippen molar-refractivity contribution in [1.82, 2.24) is 9.88 Å². The van der Waals surface area contributed by atoms with Crippen molar-refractivity contribution in [2.45, 2.75) is 70.1 Å². The molecule has 0 aromatic carbocycles. The Morgan fingerprint density at radius 3 is 2.84 bits per heavy atom. The Kier molecular flexibility index (Phi) is 4.87. The number of carbonyl (C=O) groups is 1. The van der Waals surface area contributed by atoms with Crippen molar-refractivity contribution in [2.75, 3.05) is 19.8 Å². The van der Waals surface area contributed by atoms with E-state index in [1.165, 1.54) is 25.7 Å². The van der Waals surface area contributed by atoms with Crippen molar-refractivity contribution in [2.24, 2.45) is 5.41 Å². The van der Waals surface area contributed by atoms with Gasteiger partial charge in [-0.05, 0) is 51.2 Å². The van der Waals surface area contributed by atoms with Crippen molar-refractivity contribution >= 4 is 5.91 Å². The highest BCUT2D eigenvalue weighted by molar-refractivity contribution is 5.93. The van der Waals surface area contributed by atoms with Gasteiger partial charge in [-0.15, -0.1) is 0 Å². The van der Waals surface area contributed by atoms with Crippen LogP contribution in [0.4, 0.5) is 0 Å². The molecule has 0 bridgehead atoms. The van der Waals surface area contributed by atoms with Gasteiger partial charge in [0.05, 0.1) is 6.10 Å². The predicted octanol–water partition coefficient (Wildman–Crippen LogP) is 3.31. The summed E-state index contributed by atoms with van der Waals surface area (Å²) < 4.78 is 13.7. The van der Waals surface area contributed by atoms with E-state index >= 15 is 0 Å². The van der Waals surface area contributed by atoms with Gasteiger partial charge in [-0.25, -0.2) is 0 Å². The Bertz CT molecular complexity index is 600. The minimum absolute atomic E-state index is 0.0642. The van der Waals surface area contributed by atoms with E-state index in [2.05, 4.69) is 16.1 Å². The lowest BCUT2D eigenvalue weighted by Gasteiger charge is -2.57. The number of carbonyl (C=O) groups excluding carboxylic acids is 1. The second-order valence-corrected chi connectivity index (χ2v) is 7.79. The molecule has 1 amide bonds. The summed E-state index contributed by atoms with van der Waals surface area (Å²) in [6.45, 7) is 4.33. The van der Waals surface area contributed by atoms with Gasteiger partial charge < -0.3 is 19.4 Å². The second-order valence-electron chi connectivity index (χ2n) is 7.79. The van der Waals surface area contributed by atoms with Gasteiger partial charge in [0, 0.05) is 43.5 Å². The topological polar surface area (TPSA) is 52.5 Å². The molecule has 138 valence electrons. The number of aromatic nitrogens is 1. The van der Waals surface area contributed by atoms with Crippen LogP contribution in [0.25, 0.3) is 0 Å². The lowest BCUT2D eigenvalue weighted by Crippen LogP contribution is -2.66. The summed E-state index contributed by atoms with van der Waals surface area (Å²) in [7, 11) is 0. The first-order valence-corrected chi connectivity index (χ1v) is 9.91. The fourth-order valence-electron chi connectivity index (χ4n) is 5.13. The molecule has 2 heterocycles. The van der Waals surface area contributed by atoms with Gasteiger partial charge >= 0.3 is 0 Å². The molecule has 1 aromatic heterocycles. The third kappa shape index (κ3) is 3.02. The Balaban J connectivity index is 1.46. The number of amides is 1. The fourth-order valence-corrected chi connectivity index (χ4v) is 5.13. The maximum atomic E-state index is 13.0. The Hall–Kier alpha value is -1.33. The van der Waals surface area contributed by atoms with Crippen LogP contribution in [0.2, 0.25) is 0 Å². The van der Waals surface area contributed by atoms with Crippen LogP contribution in [0.15, 0.2) is 18.3 Å². The van der Waals surface area contributed by atoms with Crippen molar-refractivity contribution in [1.29, 1.82) is 0 Å². The van der Waals surface area contributed by atoms with E-state index in [-0.39, 0.29) is 23.5 Å². The number of hydrogen-bond donors (Lipinski definition) is 1. The molecular formula is C20H30N2O3. The first-order valence-electron chi connectivity index (χ1n) is 9.91. The van der Waals surface area contributed by atoms with E-state index in [4.69, 9.17) is 9.47 Å². The van der Waals surface area contributed by atoms with Gasteiger partial charge in [0.15, 0.2) is 0 Å². The molecule has 1 spiro atoms. The maximum absolute atomic E-state index is 13.0. The molecule has 4 rings (SSSR count). The molecular weight excluding hydrogens is 316 g/mol. The van der Waals surface area contributed by atoms with E-state index < -0.39 is 0 Å². The number of ether oxygens (including phenoxy) is 2. The molecule has 3 aliphatic rings. The Morgan fingerprint density at radius 1 is 1.36 bits per heavy atom. The summed E-state index contributed by atoms with van der Waals surface area (Å²) in [5.74, 6) is 0.0720. The van der Waals surface area contributed by atoms with E-state index in [1.807, 2.05) is 19.1 Å². The summed E-state index contributed by atoms with van der Waals surface area (Å²) in [5, 5.41) is 3.34. The zero-order valence-corrected chi connectivity index (χ0v) is 15.2. The zero-order valence-electron chi connectivity index (χ0n) is 15.2. The quantitative estimate of drug-likeness (QED) is 0.890. The van der Waals surface area contributed by atoms with Gasteiger partial charge in [-0.2, -0.15) is 0 Å². The molecule has 3 fully saturated rings. The summed E-state index contributed by atoms with van der Waals surface area (Å²) in [6, 6.07) is 4.65. The third-order valence-electron chi connectivity index (χ3n) is 6.61. The smallest absolute Gasteiger partial charge is 0.268 e. The van der Waals surface area contributed by atoms with Crippen LogP contribution in [0.1, 0.15) is 68.4 Å². The second kappa shape index (κ2) is 7.12. The van der Waals surface area contributed by atoms with E-state index in [9.17, 15) is 4.79 Å². The van der Waals surface area contributed by atoms with E-state index in [1.54, 1.807) is 0 Å². The van der Waals surface area contributed by atoms with Gasteiger partial charge in [-0.1, -0.05) is 12.8 Å². The van der Waals surface area contributed by atoms with Crippen LogP contribution < -0.4 is 5.32 Å². The van der Waals surface area contributed by atoms with Crippen molar-refractivity contribution in [3.8, 4) is 0 Å². The number of rotatable bonds is 5. The molecule has 1 aromatic rings. The van der Waals surface area contributed by atoms with Crippen molar-refractivity contribution in [3.05, 3.63) is 24.0 Å². The van der Waals surface area contributed by atoms with E-state index in [0.717, 1.165) is 44.8 Å². The van der Waals surface area contributed by atoms with Crippen molar-refractivity contribution < 1.29 is 14.3 Å². The molecule has 2 aliphatic carbocycles. The molecule has 0 radical (unpaired) electrons. The lowest BCUT2D eigenvalue weighted by atomic mass is 9.57. The number of nitrogens with one attached hydrogen (secondary N) is 1. The standard InChI is InChI=1S/C20H30N2O3/c1-2-25-18-14-17(20(18)9-12-24-13-10-20)21-19(23)16-8-5-11-22(16)15-6-3-4-7-15/h5,8,11,15,17-18H,2-4,6-7,9-10,12-14H2,1H3,(H,21,23)/t17-,18-/m1/s1. The molecule has 5 nitrogen and oxygen atoms in total. The average molecular weight is 346 g/mol. The summed E-state index contributed by atoms with van der Waals surface area (Å²) in [6.07, 6.45) is 10.1. The summed E-state index contributed by atoms with van der Waals surface area (Å²) in [4.78, 5) is 13.0. The highest BCUT2D eigenvalue weighted by atomic mass is 16.5. The van der Waals surface area contributed by atoms with Gasteiger partial charge in [0.1, 0.15) is 5.69 Å². The van der Waals surface area contributed by atoms with Crippen LogP contribution >= 0.6 is 0 Å². The lowest BCUT2D eigenvalue weighted by molar-refractivity contribution is -0.170. The summed E-state index contributed by atoms with van der Waals surface area (Å²) in [5.41, 5.74) is 0.878. The molecule has 25 heavy (non-hydrogen) atoms. The first-order chi connectivity index (χ1) is 12.2. The Morgan fingerprint density at radius 2 is 2.12 bits per heavy atom. The first kappa shape index (κ1) is 17.1. The normalized spacial score (nSPS) is 28.8. The van der Waals surface area contributed by atoms with Gasteiger partial charge in [-0.3, -0.25) is 4.79 Å². The molecule has 5 heteroatoms. The molecule has 1 saturated heterocycles. The fraction of sp³-hybridized carbons (Fsp3) is 0.750. The van der Waals surface area contributed by atoms with Crippen molar-refractivity contribution in [3.63, 3.8) is 0 Å². The van der Waals surface area contributed by atoms with E-state index in [0.29, 0.717) is 6.04 Å². The Labute approximate surface area is 150 Å². The average Bonchev–Trinajstić information content (AvgIpc) is 3.32. The third-order valence-corrected chi connectivity index (χ3v) is 6.61. The van der Waals surface area contributed by atoms with Crippen LogP contribution in [0.5, 0.6) is 0 Å². The van der Waals surface area contributed by atoms with Gasteiger partial charge in [0.2, 0.25) is 0 Å². The maximum Gasteiger partial charge on any atom is 0.268 e.